The fraction of sp³-hybridized carbons (Fsp3) is 0.682. The van der Waals surface area contributed by atoms with Gasteiger partial charge >= 0.3 is 0 Å². The number of hydrogen-bond acceptors (Lipinski definition) is 4. The summed E-state index contributed by atoms with van der Waals surface area (Å²) in [4.78, 5) is 7.25. The number of benzene rings is 1. The zero-order valence-electron chi connectivity index (χ0n) is 18.6. The van der Waals surface area contributed by atoms with Crippen LogP contribution in [0.5, 0.6) is 0 Å². The quantitative estimate of drug-likeness (QED) is 0.190. The van der Waals surface area contributed by atoms with E-state index in [9.17, 15) is 0 Å². The second kappa shape index (κ2) is 15.2. The lowest BCUT2D eigenvalue weighted by atomic mass is 9.74. The van der Waals surface area contributed by atoms with E-state index in [2.05, 4.69) is 41.6 Å². The molecule has 0 amide bonds. The lowest BCUT2D eigenvalue weighted by Crippen LogP contribution is -2.43. The monoisotopic (exact) mass is 552 g/mol. The van der Waals surface area contributed by atoms with Crippen molar-refractivity contribution < 1.29 is 9.47 Å². The normalized spacial score (nSPS) is 16.2. The number of hydrogen-bond donors (Lipinski definition) is 2. The molecule has 172 valence electrons. The predicted octanol–water partition coefficient (Wildman–Crippen LogP) is 3.53. The van der Waals surface area contributed by atoms with Crippen LogP contribution < -0.4 is 10.6 Å². The Morgan fingerprint density at radius 1 is 1.23 bits per heavy atom. The molecule has 1 aromatic carbocycles. The number of guanidine groups is 1. The molecule has 0 radical (unpaired) electrons. The van der Waals surface area contributed by atoms with Gasteiger partial charge in [-0.25, -0.2) is 0 Å². The number of likely N-dealkylation sites (N-methyl/N-ethyl adjacent to an activating group) is 1. The highest BCUT2D eigenvalue weighted by Crippen LogP contribution is 2.38. The van der Waals surface area contributed by atoms with Crippen molar-refractivity contribution in [2.45, 2.75) is 31.6 Å². The van der Waals surface area contributed by atoms with Gasteiger partial charge in [0.2, 0.25) is 0 Å². The number of methoxy groups -OCH3 is 1. The highest BCUT2D eigenvalue weighted by Gasteiger charge is 2.36. The molecule has 0 spiro atoms. The van der Waals surface area contributed by atoms with Crippen LogP contribution >= 0.6 is 35.6 Å². The molecule has 0 saturated carbocycles. The van der Waals surface area contributed by atoms with Crippen molar-refractivity contribution in [1.82, 2.24) is 15.5 Å². The van der Waals surface area contributed by atoms with E-state index in [1.54, 1.807) is 7.11 Å². The summed E-state index contributed by atoms with van der Waals surface area (Å²) in [6, 6.07) is 8.15. The van der Waals surface area contributed by atoms with Crippen LogP contribution in [0.15, 0.2) is 29.3 Å². The van der Waals surface area contributed by atoms with E-state index < -0.39 is 0 Å². The van der Waals surface area contributed by atoms with Gasteiger partial charge in [0.15, 0.2) is 5.96 Å². The number of nitrogens with one attached hydrogen (secondary N) is 2. The average molecular weight is 553 g/mol. The van der Waals surface area contributed by atoms with Gasteiger partial charge in [0.25, 0.3) is 0 Å². The maximum Gasteiger partial charge on any atom is 0.191 e. The second-order valence-electron chi connectivity index (χ2n) is 7.64. The summed E-state index contributed by atoms with van der Waals surface area (Å²) in [5.41, 5.74) is 1.11. The van der Waals surface area contributed by atoms with Crippen LogP contribution in [0.1, 0.15) is 31.7 Å². The fourth-order valence-electron chi connectivity index (χ4n) is 3.69. The summed E-state index contributed by atoms with van der Waals surface area (Å²) in [7, 11) is 3.88. The minimum atomic E-state index is -0.0735. The van der Waals surface area contributed by atoms with Crippen molar-refractivity contribution in [1.29, 1.82) is 0 Å². The van der Waals surface area contributed by atoms with Gasteiger partial charge < -0.3 is 25.0 Å². The first-order chi connectivity index (χ1) is 14.1. The molecule has 1 heterocycles. The Morgan fingerprint density at radius 3 is 2.63 bits per heavy atom. The van der Waals surface area contributed by atoms with Crippen LogP contribution in [-0.4, -0.2) is 77.6 Å². The molecule has 1 aromatic rings. The Morgan fingerprint density at radius 2 is 1.97 bits per heavy atom. The number of halogens is 2. The molecular formula is C22H38ClIN4O2. The number of nitrogens with zero attached hydrogens (tertiary/aromatic N) is 2. The van der Waals surface area contributed by atoms with E-state index in [0.717, 1.165) is 76.2 Å². The van der Waals surface area contributed by atoms with E-state index in [-0.39, 0.29) is 29.4 Å². The number of aliphatic imine (C=N–C) groups is 1. The third-order valence-electron chi connectivity index (χ3n) is 5.45. The van der Waals surface area contributed by atoms with Crippen molar-refractivity contribution in [3.63, 3.8) is 0 Å². The molecule has 0 aliphatic carbocycles. The fourth-order valence-corrected chi connectivity index (χ4v) is 4.03. The van der Waals surface area contributed by atoms with Gasteiger partial charge in [0.1, 0.15) is 0 Å². The smallest absolute Gasteiger partial charge is 0.191 e. The minimum absolute atomic E-state index is 0. The van der Waals surface area contributed by atoms with E-state index in [1.165, 1.54) is 5.56 Å². The minimum Gasteiger partial charge on any atom is -0.385 e. The largest absolute Gasteiger partial charge is 0.385 e. The molecule has 2 rings (SSSR count). The summed E-state index contributed by atoms with van der Waals surface area (Å²) in [6.07, 6.45) is 2.91. The van der Waals surface area contributed by atoms with Crippen LogP contribution in [0.3, 0.4) is 0 Å². The highest BCUT2D eigenvalue weighted by atomic mass is 127. The topological polar surface area (TPSA) is 58.1 Å². The Bertz CT molecular complexity index is 627. The van der Waals surface area contributed by atoms with Crippen LogP contribution in [0.25, 0.3) is 0 Å². The molecule has 1 fully saturated rings. The molecule has 2 N–H and O–H groups in total. The average Bonchev–Trinajstić information content (AvgIpc) is 2.73. The van der Waals surface area contributed by atoms with Gasteiger partial charge in [0.05, 0.1) is 6.54 Å². The third-order valence-corrected chi connectivity index (χ3v) is 5.78. The standard InChI is InChI=1S/C22H37ClN4O2.HI/c1-4-24-21(25-12-14-27(2)13-7-15-28-3)26-18-22(10-16-29-17-11-22)19-8-5-6-9-20(19)23;/h5-6,8-9H,4,7,10-18H2,1-3H3,(H2,24,25,26);1H. The molecule has 0 bridgehead atoms. The molecule has 1 aliphatic rings. The molecule has 0 aromatic heterocycles. The summed E-state index contributed by atoms with van der Waals surface area (Å²) in [5, 5.41) is 7.65. The van der Waals surface area contributed by atoms with E-state index in [4.69, 9.17) is 26.1 Å². The number of rotatable bonds is 11. The van der Waals surface area contributed by atoms with Gasteiger partial charge in [-0.15, -0.1) is 24.0 Å². The predicted molar refractivity (Wildman–Crippen MR) is 137 cm³/mol. The SMILES string of the molecule is CCNC(=NCC1(c2ccccc2Cl)CCOCC1)NCCN(C)CCCOC.I. The summed E-state index contributed by atoms with van der Waals surface area (Å²) in [5.74, 6) is 0.857. The maximum absolute atomic E-state index is 6.56. The van der Waals surface area contributed by atoms with Crippen LogP contribution in [0.2, 0.25) is 5.02 Å². The Hall–Kier alpha value is -0.610. The van der Waals surface area contributed by atoms with Crippen molar-refractivity contribution in [2.75, 3.05) is 66.7 Å². The second-order valence-corrected chi connectivity index (χ2v) is 8.05. The molecule has 0 atom stereocenters. The molecular weight excluding hydrogens is 515 g/mol. The van der Waals surface area contributed by atoms with Crippen LogP contribution in [0.4, 0.5) is 0 Å². The van der Waals surface area contributed by atoms with Gasteiger partial charge in [-0.2, -0.15) is 0 Å². The zero-order valence-corrected chi connectivity index (χ0v) is 21.7. The lowest BCUT2D eigenvalue weighted by Gasteiger charge is -2.37. The summed E-state index contributed by atoms with van der Waals surface area (Å²) < 4.78 is 10.8. The Balaban J connectivity index is 0.00000450. The van der Waals surface area contributed by atoms with E-state index in [1.807, 2.05) is 12.1 Å². The van der Waals surface area contributed by atoms with Gasteiger partial charge in [0, 0.05) is 63.5 Å². The Kier molecular flexibility index (Phi) is 13.9. The van der Waals surface area contributed by atoms with Crippen molar-refractivity contribution in [3.05, 3.63) is 34.9 Å². The molecule has 1 aliphatic heterocycles. The van der Waals surface area contributed by atoms with Crippen molar-refractivity contribution >= 4 is 41.5 Å². The summed E-state index contributed by atoms with van der Waals surface area (Å²) in [6.45, 7) is 8.74. The lowest BCUT2D eigenvalue weighted by molar-refractivity contribution is 0.0531. The number of ether oxygens (including phenoxy) is 2. The van der Waals surface area contributed by atoms with Gasteiger partial charge in [-0.3, -0.25) is 4.99 Å². The molecule has 6 nitrogen and oxygen atoms in total. The Labute approximate surface area is 204 Å². The first-order valence-corrected chi connectivity index (χ1v) is 11.0. The van der Waals surface area contributed by atoms with Crippen molar-refractivity contribution in [2.24, 2.45) is 4.99 Å². The van der Waals surface area contributed by atoms with Crippen LogP contribution in [-0.2, 0) is 14.9 Å². The molecule has 30 heavy (non-hydrogen) atoms. The van der Waals surface area contributed by atoms with Gasteiger partial charge in [-0.1, -0.05) is 29.8 Å². The van der Waals surface area contributed by atoms with E-state index >= 15 is 0 Å². The zero-order chi connectivity index (χ0) is 21.0. The van der Waals surface area contributed by atoms with E-state index in [0.29, 0.717) is 6.54 Å². The third kappa shape index (κ3) is 8.86. The first kappa shape index (κ1) is 27.4. The molecule has 0 unspecified atom stereocenters. The van der Waals surface area contributed by atoms with Crippen LogP contribution in [0, 0.1) is 0 Å². The maximum atomic E-state index is 6.56. The van der Waals surface area contributed by atoms with Crippen molar-refractivity contribution in [3.8, 4) is 0 Å². The first-order valence-electron chi connectivity index (χ1n) is 10.6. The summed E-state index contributed by atoms with van der Waals surface area (Å²) >= 11 is 6.56. The van der Waals surface area contributed by atoms with Gasteiger partial charge in [-0.05, 0) is 44.9 Å². The molecule has 8 heteroatoms. The highest BCUT2D eigenvalue weighted by molar-refractivity contribution is 14.0. The molecule has 1 saturated heterocycles.